The van der Waals surface area contributed by atoms with Gasteiger partial charge in [0, 0.05) is 16.8 Å². The lowest BCUT2D eigenvalue weighted by molar-refractivity contribution is 0.0620. The molecule has 174 valence electrons. The molecule has 1 aliphatic rings. The van der Waals surface area contributed by atoms with Crippen LogP contribution in [0.5, 0.6) is 5.75 Å². The van der Waals surface area contributed by atoms with Crippen molar-refractivity contribution in [2.75, 3.05) is 5.32 Å². The summed E-state index contributed by atoms with van der Waals surface area (Å²) in [6.45, 7) is 3.71. The number of ketones is 1. The molecule has 2 heterocycles. The van der Waals surface area contributed by atoms with Crippen LogP contribution in [0.2, 0.25) is 0 Å². The first-order valence-corrected chi connectivity index (χ1v) is 11.2. The monoisotopic (exact) mass is 465 g/mol. The fourth-order valence-corrected chi connectivity index (χ4v) is 4.28. The number of benzene rings is 3. The molecule has 7 nitrogen and oxygen atoms in total. The van der Waals surface area contributed by atoms with E-state index in [4.69, 9.17) is 4.74 Å². The van der Waals surface area contributed by atoms with E-state index in [0.717, 1.165) is 5.56 Å². The average Bonchev–Trinajstić information content (AvgIpc) is 2.84. The minimum atomic E-state index is -0.611. The van der Waals surface area contributed by atoms with E-state index in [2.05, 4.69) is 15.5 Å². The van der Waals surface area contributed by atoms with E-state index in [1.54, 1.807) is 18.2 Å². The van der Waals surface area contributed by atoms with Gasteiger partial charge in [0.15, 0.2) is 5.78 Å². The Kier molecular flexibility index (Phi) is 5.53. The molecule has 0 spiro atoms. The molecule has 2 N–H and O–H groups in total. The molecule has 1 amide bonds. The Bertz CT molecular complexity index is 1490. The zero-order chi connectivity index (χ0) is 24.6. The number of H-pyrrole nitrogens is 1. The van der Waals surface area contributed by atoms with Gasteiger partial charge in [-0.15, -0.1) is 0 Å². The third-order valence-electron chi connectivity index (χ3n) is 5.83. The Hall–Kier alpha value is -4.52. The second kappa shape index (κ2) is 8.68. The number of amides is 1. The Morgan fingerprint density at radius 3 is 2.29 bits per heavy atom. The number of anilines is 1. The smallest absolute Gasteiger partial charge is 0.277 e. The molecule has 1 aliphatic heterocycles. The van der Waals surface area contributed by atoms with E-state index >= 15 is 0 Å². The van der Waals surface area contributed by atoms with Gasteiger partial charge in [0.2, 0.25) is 0 Å². The molecule has 3 aromatic carbocycles. The van der Waals surface area contributed by atoms with Crippen molar-refractivity contribution in [3.05, 3.63) is 100 Å². The first-order chi connectivity index (χ1) is 16.8. The van der Waals surface area contributed by atoms with Gasteiger partial charge in [-0.05, 0) is 37.6 Å². The maximum Gasteiger partial charge on any atom is 0.277 e. The molecule has 5 rings (SSSR count). The lowest BCUT2D eigenvalue weighted by Crippen LogP contribution is -2.35. The second-order valence-electron chi connectivity index (χ2n) is 9.01. The van der Waals surface area contributed by atoms with Gasteiger partial charge in [-0.1, -0.05) is 60.7 Å². The van der Waals surface area contributed by atoms with Crippen LogP contribution in [-0.4, -0.2) is 27.5 Å². The molecule has 1 aromatic heterocycles. The van der Waals surface area contributed by atoms with Crippen LogP contribution < -0.4 is 15.6 Å². The van der Waals surface area contributed by atoms with Crippen molar-refractivity contribution < 1.29 is 14.3 Å². The van der Waals surface area contributed by atoms with E-state index in [0.29, 0.717) is 33.8 Å². The van der Waals surface area contributed by atoms with Gasteiger partial charge >= 0.3 is 0 Å². The molecule has 35 heavy (non-hydrogen) atoms. The zero-order valence-corrected chi connectivity index (χ0v) is 19.3. The van der Waals surface area contributed by atoms with E-state index in [-0.39, 0.29) is 17.8 Å². The second-order valence-corrected chi connectivity index (χ2v) is 9.01. The maximum absolute atomic E-state index is 13.5. The number of nitrogens with one attached hydrogen (secondary N) is 2. The molecule has 0 aliphatic carbocycles. The number of Topliss-reactive ketones (excluding diaryl/α,β-unsaturated/α-hetero) is 1. The number of carbonyl (C=O) groups excluding carboxylic acids is 2. The summed E-state index contributed by atoms with van der Waals surface area (Å²) in [5.74, 6) is -0.193. The highest BCUT2D eigenvalue weighted by atomic mass is 16.5. The molecule has 4 aromatic rings. The molecule has 0 saturated heterocycles. The average molecular weight is 466 g/mol. The molecule has 7 heteroatoms. The number of nitrogens with zero attached hydrogens (tertiary/aromatic N) is 1. The van der Waals surface area contributed by atoms with Crippen LogP contribution in [0.3, 0.4) is 0 Å². The van der Waals surface area contributed by atoms with Crippen LogP contribution in [-0.2, 0) is 0 Å². The van der Waals surface area contributed by atoms with Crippen LogP contribution in [0.15, 0.2) is 83.7 Å². The lowest BCUT2D eigenvalue weighted by Gasteiger charge is -2.31. The van der Waals surface area contributed by atoms with Crippen LogP contribution in [0.4, 0.5) is 5.69 Å². The number of hydrogen-bond acceptors (Lipinski definition) is 5. The summed E-state index contributed by atoms with van der Waals surface area (Å²) in [4.78, 5) is 39.1. The summed E-state index contributed by atoms with van der Waals surface area (Å²) in [6.07, 6.45) is 0.236. The SMILES string of the molecule is CC1(C)CC(=O)c2cc(NC(=O)c3c(-c4ccccc4)c(-c4ccccc4)n[nH]c3=O)ccc2O1. The van der Waals surface area contributed by atoms with Crippen molar-refractivity contribution in [1.82, 2.24) is 10.2 Å². The van der Waals surface area contributed by atoms with Crippen LogP contribution in [0.25, 0.3) is 22.4 Å². The Labute approximate surface area is 201 Å². The topological polar surface area (TPSA) is 101 Å². The molecule has 0 saturated carbocycles. The van der Waals surface area contributed by atoms with Gasteiger partial charge < -0.3 is 10.1 Å². The summed E-state index contributed by atoms with van der Waals surface area (Å²) in [6, 6.07) is 23.4. The number of aromatic nitrogens is 2. The van der Waals surface area contributed by atoms with E-state index in [1.165, 1.54) is 0 Å². The first-order valence-electron chi connectivity index (χ1n) is 11.2. The van der Waals surface area contributed by atoms with Gasteiger partial charge in [0.25, 0.3) is 11.5 Å². The largest absolute Gasteiger partial charge is 0.487 e. The number of ether oxygens (including phenoxy) is 1. The molecule has 0 atom stereocenters. The molecular weight excluding hydrogens is 442 g/mol. The molecule has 0 fully saturated rings. The van der Waals surface area contributed by atoms with Gasteiger partial charge in [0.05, 0.1) is 17.7 Å². The maximum atomic E-state index is 13.5. The molecule has 0 radical (unpaired) electrons. The first kappa shape index (κ1) is 22.3. The highest BCUT2D eigenvalue weighted by Crippen LogP contribution is 2.35. The Morgan fingerprint density at radius 1 is 0.943 bits per heavy atom. The van der Waals surface area contributed by atoms with Crippen LogP contribution >= 0.6 is 0 Å². The van der Waals surface area contributed by atoms with Gasteiger partial charge in [-0.3, -0.25) is 14.4 Å². The predicted octanol–water partition coefficient (Wildman–Crippen LogP) is 5.10. The van der Waals surface area contributed by atoms with Crippen LogP contribution in [0.1, 0.15) is 41.0 Å². The Balaban J connectivity index is 1.59. The molecule has 0 bridgehead atoms. The highest BCUT2D eigenvalue weighted by Gasteiger charge is 2.32. The minimum Gasteiger partial charge on any atom is -0.487 e. The van der Waals surface area contributed by atoms with Crippen molar-refractivity contribution in [2.45, 2.75) is 25.9 Å². The van der Waals surface area contributed by atoms with E-state index in [9.17, 15) is 14.4 Å². The summed E-state index contributed by atoms with van der Waals surface area (Å²) in [7, 11) is 0. The summed E-state index contributed by atoms with van der Waals surface area (Å²) >= 11 is 0. The number of hydrogen-bond donors (Lipinski definition) is 2. The lowest BCUT2D eigenvalue weighted by atomic mass is 9.93. The fourth-order valence-electron chi connectivity index (χ4n) is 4.28. The Morgan fingerprint density at radius 2 is 1.60 bits per heavy atom. The third-order valence-corrected chi connectivity index (χ3v) is 5.83. The van der Waals surface area contributed by atoms with Gasteiger partial charge in [0.1, 0.15) is 16.9 Å². The van der Waals surface area contributed by atoms with Crippen molar-refractivity contribution >= 4 is 17.4 Å². The van der Waals surface area contributed by atoms with E-state index < -0.39 is 17.1 Å². The number of aromatic amines is 1. The fraction of sp³-hybridized carbons (Fsp3) is 0.143. The number of rotatable bonds is 4. The van der Waals surface area contributed by atoms with Crippen molar-refractivity contribution in [2.24, 2.45) is 0 Å². The highest BCUT2D eigenvalue weighted by molar-refractivity contribution is 6.11. The van der Waals surface area contributed by atoms with Crippen molar-refractivity contribution in [1.29, 1.82) is 0 Å². The molecule has 0 unspecified atom stereocenters. The normalized spacial score (nSPS) is 14.1. The van der Waals surface area contributed by atoms with E-state index in [1.807, 2.05) is 74.5 Å². The summed E-state index contributed by atoms with van der Waals surface area (Å²) in [5.41, 5.74) is 1.89. The predicted molar refractivity (Wildman–Crippen MR) is 134 cm³/mol. The van der Waals surface area contributed by atoms with Gasteiger partial charge in [-0.25, -0.2) is 5.10 Å². The van der Waals surface area contributed by atoms with Gasteiger partial charge in [-0.2, -0.15) is 5.10 Å². The zero-order valence-electron chi connectivity index (χ0n) is 19.3. The number of carbonyl (C=O) groups is 2. The number of fused-ring (bicyclic) bond motifs is 1. The molecular formula is C28H23N3O4. The van der Waals surface area contributed by atoms with Crippen molar-refractivity contribution in [3.8, 4) is 28.1 Å². The van der Waals surface area contributed by atoms with Crippen LogP contribution in [0, 0.1) is 0 Å². The summed E-state index contributed by atoms with van der Waals surface area (Å²) < 4.78 is 5.90. The van der Waals surface area contributed by atoms with Crippen molar-refractivity contribution in [3.63, 3.8) is 0 Å². The minimum absolute atomic E-state index is 0.0634. The standard InChI is InChI=1S/C28H23N3O4/c1-28(2)16-21(32)20-15-19(13-14-22(20)35-28)29-26(33)24-23(17-9-5-3-6-10-17)25(30-31-27(24)34)18-11-7-4-8-12-18/h3-15H,16H2,1-2H3,(H,29,33)(H,31,34). The third kappa shape index (κ3) is 4.36. The summed E-state index contributed by atoms with van der Waals surface area (Å²) in [5, 5.41) is 9.53. The quantitative estimate of drug-likeness (QED) is 0.437.